The summed E-state index contributed by atoms with van der Waals surface area (Å²) >= 11 is 0. The summed E-state index contributed by atoms with van der Waals surface area (Å²) < 4.78 is 1.86. The second-order valence-corrected chi connectivity index (χ2v) is 9.54. The second kappa shape index (κ2) is 8.58. The summed E-state index contributed by atoms with van der Waals surface area (Å²) in [7, 11) is 0. The molecule has 4 aromatic rings. The highest BCUT2D eigenvalue weighted by atomic mass is 16.2. The molecule has 1 aromatic heterocycles. The molecule has 0 radical (unpaired) electrons. The monoisotopic (exact) mass is 426 g/mol. The Morgan fingerprint density at radius 3 is 2.16 bits per heavy atom. The molecule has 32 heavy (non-hydrogen) atoms. The van der Waals surface area contributed by atoms with E-state index in [1.807, 2.05) is 91.3 Å². The molecule has 4 rings (SSSR count). The molecule has 1 amide bonds. The first-order valence-electron chi connectivity index (χ1n) is 11.0. The van der Waals surface area contributed by atoms with Gasteiger partial charge in [0.05, 0.1) is 10.9 Å². The number of aromatic nitrogens is 3. The van der Waals surface area contributed by atoms with Crippen molar-refractivity contribution in [3.05, 3.63) is 96.1 Å². The van der Waals surface area contributed by atoms with Gasteiger partial charge in [-0.05, 0) is 43.5 Å². The number of nitrogens with zero attached hydrogens (tertiary/aromatic N) is 3. The first-order chi connectivity index (χ1) is 15.3. The van der Waals surface area contributed by atoms with Crippen LogP contribution in [0.5, 0.6) is 0 Å². The van der Waals surface area contributed by atoms with Crippen molar-refractivity contribution in [2.45, 2.75) is 45.7 Å². The third-order valence-corrected chi connectivity index (χ3v) is 6.20. The molecule has 164 valence electrons. The molecule has 0 saturated carbocycles. The zero-order chi connectivity index (χ0) is 22.8. The fourth-order valence-corrected chi connectivity index (χ4v) is 4.17. The molecule has 0 aliphatic rings. The Bertz CT molecular complexity index is 1200. The predicted octanol–water partition coefficient (Wildman–Crippen LogP) is 5.29. The summed E-state index contributed by atoms with van der Waals surface area (Å²) in [4.78, 5) is 13.6. The average molecular weight is 427 g/mol. The van der Waals surface area contributed by atoms with Crippen LogP contribution >= 0.6 is 0 Å². The Morgan fingerprint density at radius 1 is 0.875 bits per heavy atom. The van der Waals surface area contributed by atoms with Gasteiger partial charge in [0.2, 0.25) is 5.91 Å². The van der Waals surface area contributed by atoms with Crippen LogP contribution < -0.4 is 5.32 Å². The number of fused-ring (bicyclic) bond motifs is 1. The van der Waals surface area contributed by atoms with Crippen LogP contribution in [0, 0.1) is 5.41 Å². The lowest BCUT2D eigenvalue weighted by Crippen LogP contribution is -2.49. The van der Waals surface area contributed by atoms with Gasteiger partial charge < -0.3 is 5.32 Å². The van der Waals surface area contributed by atoms with Gasteiger partial charge in [-0.2, -0.15) is 0 Å². The smallest absolute Gasteiger partial charge is 0.231 e. The van der Waals surface area contributed by atoms with E-state index in [9.17, 15) is 4.79 Å². The maximum atomic E-state index is 13.6. The third-order valence-electron chi connectivity index (χ3n) is 6.20. The van der Waals surface area contributed by atoms with Crippen LogP contribution in [0.2, 0.25) is 0 Å². The minimum Gasteiger partial charge on any atom is -0.333 e. The minimum atomic E-state index is -0.696. The minimum absolute atomic E-state index is 0.0468. The molecule has 1 N–H and O–H groups in total. The van der Waals surface area contributed by atoms with Gasteiger partial charge in [-0.1, -0.05) is 91.9 Å². The Hall–Kier alpha value is -3.47. The molecular weight excluding hydrogens is 396 g/mol. The number of amides is 1. The van der Waals surface area contributed by atoms with E-state index in [1.54, 1.807) is 0 Å². The van der Waals surface area contributed by atoms with E-state index in [-0.39, 0.29) is 17.5 Å². The van der Waals surface area contributed by atoms with Gasteiger partial charge in [0.15, 0.2) is 0 Å². The highest BCUT2D eigenvalue weighted by molar-refractivity contribution is 5.87. The summed E-state index contributed by atoms with van der Waals surface area (Å²) in [5, 5.41) is 12.1. The van der Waals surface area contributed by atoms with Crippen molar-refractivity contribution in [2.75, 3.05) is 0 Å². The number of benzene rings is 3. The summed E-state index contributed by atoms with van der Waals surface area (Å²) in [6.07, 6.45) is 0.393. The number of carbonyl (C=O) groups is 1. The lowest BCUT2D eigenvalue weighted by atomic mass is 9.80. The molecule has 0 spiro atoms. The summed E-state index contributed by atoms with van der Waals surface area (Å²) in [5.41, 5.74) is 2.86. The standard InChI is InChI=1S/C27H30N4O/c1-26(2,19-20-13-7-5-8-14-20)24(31-23-18-12-11-17-22(23)29-30-31)28-25(32)27(3,4)21-15-9-6-10-16-21/h5-18,24H,19H2,1-4H3,(H,28,32). The molecule has 0 fully saturated rings. The predicted molar refractivity (Wildman–Crippen MR) is 128 cm³/mol. The lowest BCUT2D eigenvalue weighted by Gasteiger charge is -2.37. The van der Waals surface area contributed by atoms with Gasteiger partial charge in [0.25, 0.3) is 0 Å². The van der Waals surface area contributed by atoms with E-state index in [4.69, 9.17) is 0 Å². The fraction of sp³-hybridized carbons (Fsp3) is 0.296. The zero-order valence-electron chi connectivity index (χ0n) is 19.1. The third kappa shape index (κ3) is 4.28. The van der Waals surface area contributed by atoms with Gasteiger partial charge in [-0.25, -0.2) is 4.68 Å². The van der Waals surface area contributed by atoms with E-state index in [1.165, 1.54) is 5.56 Å². The van der Waals surface area contributed by atoms with E-state index in [0.717, 1.165) is 23.0 Å². The van der Waals surface area contributed by atoms with Gasteiger partial charge in [0, 0.05) is 5.41 Å². The van der Waals surface area contributed by atoms with Crippen LogP contribution in [-0.4, -0.2) is 20.9 Å². The van der Waals surface area contributed by atoms with Gasteiger partial charge in [0.1, 0.15) is 11.7 Å². The first kappa shape index (κ1) is 21.8. The van der Waals surface area contributed by atoms with E-state index in [2.05, 4.69) is 41.6 Å². The maximum absolute atomic E-state index is 13.6. The van der Waals surface area contributed by atoms with Gasteiger partial charge >= 0.3 is 0 Å². The SMILES string of the molecule is CC(C)(C(=O)NC(n1nnc2ccccc21)C(C)(C)Cc1ccccc1)c1ccccc1. The molecular formula is C27H30N4O. The van der Waals surface area contributed by atoms with Crippen molar-refractivity contribution in [1.82, 2.24) is 20.3 Å². The summed E-state index contributed by atoms with van der Waals surface area (Å²) in [6.45, 7) is 8.24. The molecule has 1 unspecified atom stereocenters. The Balaban J connectivity index is 1.73. The van der Waals surface area contributed by atoms with Crippen molar-refractivity contribution >= 4 is 16.9 Å². The van der Waals surface area contributed by atoms with Crippen molar-refractivity contribution in [1.29, 1.82) is 0 Å². The van der Waals surface area contributed by atoms with E-state index >= 15 is 0 Å². The fourth-order valence-electron chi connectivity index (χ4n) is 4.17. The average Bonchev–Trinajstić information content (AvgIpc) is 3.22. The number of rotatable bonds is 7. The van der Waals surface area contributed by atoms with Crippen molar-refractivity contribution in [3.63, 3.8) is 0 Å². The number of carbonyl (C=O) groups excluding carboxylic acids is 1. The van der Waals surface area contributed by atoms with Crippen molar-refractivity contribution < 1.29 is 4.79 Å². The topological polar surface area (TPSA) is 59.8 Å². The first-order valence-corrected chi connectivity index (χ1v) is 11.0. The number of hydrogen-bond acceptors (Lipinski definition) is 3. The van der Waals surface area contributed by atoms with Crippen LogP contribution in [0.3, 0.4) is 0 Å². The quantitative estimate of drug-likeness (QED) is 0.437. The Labute approximate surface area is 189 Å². The highest BCUT2D eigenvalue weighted by Crippen LogP contribution is 2.35. The molecule has 5 heteroatoms. The molecule has 0 saturated heterocycles. The van der Waals surface area contributed by atoms with E-state index in [0.29, 0.717) is 0 Å². The summed E-state index contributed by atoms with van der Waals surface area (Å²) in [5.74, 6) is -0.0468. The van der Waals surface area contributed by atoms with Crippen LogP contribution in [0.15, 0.2) is 84.9 Å². The van der Waals surface area contributed by atoms with Crippen molar-refractivity contribution in [2.24, 2.45) is 5.41 Å². The van der Waals surface area contributed by atoms with Gasteiger partial charge in [-0.15, -0.1) is 5.10 Å². The summed E-state index contributed by atoms with van der Waals surface area (Å²) in [6, 6.07) is 28.1. The molecule has 0 aliphatic heterocycles. The Morgan fingerprint density at radius 2 is 1.47 bits per heavy atom. The number of para-hydroxylation sites is 1. The second-order valence-electron chi connectivity index (χ2n) is 9.54. The molecule has 3 aromatic carbocycles. The molecule has 0 bridgehead atoms. The van der Waals surface area contributed by atoms with Crippen LogP contribution in [0.1, 0.15) is 45.0 Å². The normalized spacial score (nSPS) is 13.1. The number of hydrogen-bond donors (Lipinski definition) is 1. The van der Waals surface area contributed by atoms with Crippen LogP contribution in [0.4, 0.5) is 0 Å². The Kier molecular flexibility index (Phi) is 5.83. The zero-order valence-corrected chi connectivity index (χ0v) is 19.1. The molecule has 1 heterocycles. The molecule has 1 atom stereocenters. The van der Waals surface area contributed by atoms with Crippen LogP contribution in [-0.2, 0) is 16.6 Å². The highest BCUT2D eigenvalue weighted by Gasteiger charge is 2.38. The maximum Gasteiger partial charge on any atom is 0.231 e. The van der Waals surface area contributed by atoms with Crippen molar-refractivity contribution in [3.8, 4) is 0 Å². The number of nitrogens with one attached hydrogen (secondary N) is 1. The largest absolute Gasteiger partial charge is 0.333 e. The van der Waals surface area contributed by atoms with Crippen LogP contribution in [0.25, 0.3) is 11.0 Å². The van der Waals surface area contributed by atoms with Gasteiger partial charge in [-0.3, -0.25) is 4.79 Å². The molecule has 0 aliphatic carbocycles. The van der Waals surface area contributed by atoms with E-state index < -0.39 is 5.41 Å². The molecule has 5 nitrogen and oxygen atoms in total. The lowest BCUT2D eigenvalue weighted by molar-refractivity contribution is -0.128.